The standard InChI is InChI=1S/C18H29NO6/c1-5-14-12(3)11(2)13(4)18(24-14)23-10-6-7-17(22)25-19-15(20)8-9-16(19)21/h11-14,18H,5-10H2,1-4H3/t11-,12?,13?,14?,18+/m0/s1. The number of hydroxylamine groups is 2. The van der Waals surface area contributed by atoms with E-state index in [1.54, 1.807) is 0 Å². The van der Waals surface area contributed by atoms with E-state index in [9.17, 15) is 14.4 Å². The fourth-order valence-corrected chi connectivity index (χ4v) is 3.37. The summed E-state index contributed by atoms with van der Waals surface area (Å²) in [6.07, 6.45) is 1.59. The number of carbonyl (C=O) groups excluding carboxylic acids is 3. The Balaban J connectivity index is 1.70. The molecule has 0 spiro atoms. The minimum Gasteiger partial charge on any atom is -0.352 e. The molecular formula is C18H29NO6. The number of rotatable bonds is 7. The minimum atomic E-state index is -0.599. The highest BCUT2D eigenvalue weighted by Crippen LogP contribution is 2.36. The summed E-state index contributed by atoms with van der Waals surface area (Å²) in [7, 11) is 0. The topological polar surface area (TPSA) is 82.1 Å². The molecule has 2 rings (SSSR count). The fourth-order valence-electron chi connectivity index (χ4n) is 3.37. The number of hydrogen-bond acceptors (Lipinski definition) is 6. The quantitative estimate of drug-likeness (QED) is 0.515. The zero-order valence-electron chi connectivity index (χ0n) is 15.5. The first-order chi connectivity index (χ1) is 11.8. The third kappa shape index (κ3) is 4.79. The predicted molar refractivity (Wildman–Crippen MR) is 88.8 cm³/mol. The highest BCUT2D eigenvalue weighted by molar-refractivity contribution is 6.01. The fraction of sp³-hybridized carbons (Fsp3) is 0.833. The maximum atomic E-state index is 11.7. The highest BCUT2D eigenvalue weighted by Gasteiger charge is 2.38. The summed E-state index contributed by atoms with van der Waals surface area (Å²) in [6, 6.07) is 0. The smallest absolute Gasteiger partial charge is 0.333 e. The van der Waals surface area contributed by atoms with Gasteiger partial charge in [0.2, 0.25) is 0 Å². The molecule has 0 radical (unpaired) electrons. The molecule has 25 heavy (non-hydrogen) atoms. The van der Waals surface area contributed by atoms with Crippen LogP contribution in [0.25, 0.3) is 0 Å². The van der Waals surface area contributed by atoms with Crippen LogP contribution in [0.1, 0.15) is 59.8 Å². The molecule has 0 aliphatic carbocycles. The number of hydrogen-bond donors (Lipinski definition) is 0. The van der Waals surface area contributed by atoms with E-state index < -0.39 is 17.8 Å². The predicted octanol–water partition coefficient (Wildman–Crippen LogP) is 2.43. The molecule has 5 atom stereocenters. The number of nitrogens with zero attached hydrogens (tertiary/aromatic N) is 1. The van der Waals surface area contributed by atoms with Crippen molar-refractivity contribution in [3.05, 3.63) is 0 Å². The van der Waals surface area contributed by atoms with Gasteiger partial charge >= 0.3 is 5.97 Å². The van der Waals surface area contributed by atoms with Crippen LogP contribution in [-0.2, 0) is 28.7 Å². The van der Waals surface area contributed by atoms with Crippen molar-refractivity contribution in [1.82, 2.24) is 5.06 Å². The van der Waals surface area contributed by atoms with Gasteiger partial charge in [-0.1, -0.05) is 27.7 Å². The van der Waals surface area contributed by atoms with Gasteiger partial charge in [-0.2, -0.15) is 0 Å². The van der Waals surface area contributed by atoms with Crippen LogP contribution in [0.5, 0.6) is 0 Å². The monoisotopic (exact) mass is 355 g/mol. The van der Waals surface area contributed by atoms with E-state index in [0.717, 1.165) is 6.42 Å². The molecule has 2 aliphatic rings. The van der Waals surface area contributed by atoms with Gasteiger partial charge in [0.25, 0.3) is 11.8 Å². The molecule has 0 aromatic heterocycles. The molecule has 142 valence electrons. The lowest BCUT2D eigenvalue weighted by Crippen LogP contribution is -2.45. The lowest BCUT2D eigenvalue weighted by molar-refractivity contribution is -0.248. The molecule has 0 bridgehead atoms. The van der Waals surface area contributed by atoms with Crippen molar-refractivity contribution in [2.45, 2.75) is 72.2 Å². The molecule has 2 heterocycles. The summed E-state index contributed by atoms with van der Waals surface area (Å²) in [5.74, 6) is -0.255. The highest BCUT2D eigenvalue weighted by atomic mass is 16.7. The first kappa shape index (κ1) is 19.8. The molecule has 2 amide bonds. The van der Waals surface area contributed by atoms with Gasteiger partial charge < -0.3 is 14.3 Å². The van der Waals surface area contributed by atoms with Gasteiger partial charge in [-0.25, -0.2) is 4.79 Å². The lowest BCUT2D eigenvalue weighted by atomic mass is 9.78. The summed E-state index contributed by atoms with van der Waals surface area (Å²) in [6.45, 7) is 9.03. The Bertz CT molecular complexity index is 490. The Hall–Kier alpha value is -1.47. The average Bonchev–Trinajstić information content (AvgIpc) is 2.90. The molecule has 2 saturated heterocycles. The normalized spacial score (nSPS) is 33.0. The summed E-state index contributed by atoms with van der Waals surface area (Å²) in [5.41, 5.74) is 0. The van der Waals surface area contributed by atoms with E-state index in [0.29, 0.717) is 29.9 Å². The Morgan fingerprint density at radius 2 is 1.76 bits per heavy atom. The van der Waals surface area contributed by atoms with Crippen LogP contribution in [0.3, 0.4) is 0 Å². The molecule has 7 heteroatoms. The van der Waals surface area contributed by atoms with E-state index in [-0.39, 0.29) is 37.6 Å². The minimum absolute atomic E-state index is 0.0846. The summed E-state index contributed by atoms with van der Waals surface area (Å²) in [4.78, 5) is 39.4. The number of amides is 2. The van der Waals surface area contributed by atoms with Crippen LogP contribution in [0.2, 0.25) is 0 Å². The number of ether oxygens (including phenoxy) is 2. The molecule has 2 aliphatic heterocycles. The molecule has 3 unspecified atom stereocenters. The largest absolute Gasteiger partial charge is 0.352 e. The van der Waals surface area contributed by atoms with Crippen LogP contribution < -0.4 is 0 Å². The second kappa shape index (κ2) is 8.76. The average molecular weight is 355 g/mol. The molecule has 0 N–H and O–H groups in total. The van der Waals surface area contributed by atoms with Crippen molar-refractivity contribution in [3.8, 4) is 0 Å². The Morgan fingerprint density at radius 1 is 1.12 bits per heavy atom. The van der Waals surface area contributed by atoms with Crippen LogP contribution in [-0.4, -0.2) is 41.8 Å². The zero-order valence-corrected chi connectivity index (χ0v) is 15.5. The number of imide groups is 1. The molecule has 0 aromatic carbocycles. The van der Waals surface area contributed by atoms with Crippen molar-refractivity contribution in [3.63, 3.8) is 0 Å². The second-order valence-corrected chi connectivity index (χ2v) is 7.05. The van der Waals surface area contributed by atoms with Gasteiger partial charge in [0.15, 0.2) is 6.29 Å². The van der Waals surface area contributed by atoms with Gasteiger partial charge in [-0.3, -0.25) is 9.59 Å². The maximum absolute atomic E-state index is 11.7. The molecular weight excluding hydrogens is 326 g/mol. The summed E-state index contributed by atoms with van der Waals surface area (Å²) < 4.78 is 11.9. The molecule has 7 nitrogen and oxygen atoms in total. The summed E-state index contributed by atoms with van der Waals surface area (Å²) >= 11 is 0. The lowest BCUT2D eigenvalue weighted by Gasteiger charge is -2.43. The Labute approximate surface area is 148 Å². The third-order valence-electron chi connectivity index (χ3n) is 5.39. The first-order valence-electron chi connectivity index (χ1n) is 9.18. The van der Waals surface area contributed by atoms with Gasteiger partial charge in [0.05, 0.1) is 19.1 Å². The van der Waals surface area contributed by atoms with E-state index in [2.05, 4.69) is 27.7 Å². The van der Waals surface area contributed by atoms with E-state index >= 15 is 0 Å². The van der Waals surface area contributed by atoms with Crippen molar-refractivity contribution in [2.75, 3.05) is 6.61 Å². The van der Waals surface area contributed by atoms with Crippen molar-refractivity contribution >= 4 is 17.8 Å². The van der Waals surface area contributed by atoms with Gasteiger partial charge in [0, 0.05) is 18.8 Å². The van der Waals surface area contributed by atoms with E-state index in [1.807, 2.05) is 0 Å². The van der Waals surface area contributed by atoms with Crippen LogP contribution >= 0.6 is 0 Å². The maximum Gasteiger partial charge on any atom is 0.333 e. The van der Waals surface area contributed by atoms with Crippen LogP contribution in [0.4, 0.5) is 0 Å². The second-order valence-electron chi connectivity index (χ2n) is 7.05. The van der Waals surface area contributed by atoms with Gasteiger partial charge in [-0.15, -0.1) is 5.06 Å². The zero-order chi connectivity index (χ0) is 18.6. The third-order valence-corrected chi connectivity index (χ3v) is 5.39. The Morgan fingerprint density at radius 3 is 2.36 bits per heavy atom. The first-order valence-corrected chi connectivity index (χ1v) is 9.18. The van der Waals surface area contributed by atoms with E-state index in [4.69, 9.17) is 14.3 Å². The SMILES string of the molecule is CCC1O[C@@H](OCCCC(=O)ON2C(=O)CCC2=O)C(C)[C@@H](C)C1C. The molecule has 0 saturated carbocycles. The van der Waals surface area contributed by atoms with Crippen molar-refractivity contribution in [2.24, 2.45) is 17.8 Å². The number of carbonyl (C=O) groups is 3. The van der Waals surface area contributed by atoms with Crippen LogP contribution in [0, 0.1) is 17.8 Å². The van der Waals surface area contributed by atoms with Crippen LogP contribution in [0.15, 0.2) is 0 Å². The Kier molecular flexibility index (Phi) is 6.95. The van der Waals surface area contributed by atoms with Crippen molar-refractivity contribution in [1.29, 1.82) is 0 Å². The van der Waals surface area contributed by atoms with E-state index in [1.165, 1.54) is 0 Å². The van der Waals surface area contributed by atoms with Gasteiger partial charge in [-0.05, 0) is 24.7 Å². The molecule has 0 aromatic rings. The van der Waals surface area contributed by atoms with Crippen molar-refractivity contribution < 1.29 is 28.7 Å². The summed E-state index contributed by atoms with van der Waals surface area (Å²) in [5, 5.41) is 0.574. The molecule has 2 fully saturated rings. The van der Waals surface area contributed by atoms with Gasteiger partial charge in [0.1, 0.15) is 0 Å².